The molecule has 1 aliphatic rings. The van der Waals surface area contributed by atoms with Gasteiger partial charge in [0, 0.05) is 10.9 Å². The van der Waals surface area contributed by atoms with Crippen molar-refractivity contribution in [2.75, 3.05) is 6.26 Å². The summed E-state index contributed by atoms with van der Waals surface area (Å²) in [6, 6.07) is 8.69. The van der Waals surface area contributed by atoms with Crippen molar-refractivity contribution in [3.05, 3.63) is 29.8 Å². The van der Waals surface area contributed by atoms with E-state index in [4.69, 9.17) is 0 Å². The maximum atomic E-state index is 12.7. The molecule has 0 aromatic heterocycles. The molecule has 0 spiro atoms. The molecule has 3 unspecified atom stereocenters. The Balaban J connectivity index is 2.31. The first-order valence-electron chi connectivity index (χ1n) is 7.71. The molecule has 1 N–H and O–H groups in total. The lowest BCUT2D eigenvalue weighted by Crippen LogP contribution is -2.39. The van der Waals surface area contributed by atoms with E-state index in [0.717, 1.165) is 6.42 Å². The van der Waals surface area contributed by atoms with Crippen LogP contribution in [0.2, 0.25) is 0 Å². The van der Waals surface area contributed by atoms with Crippen LogP contribution in [0.5, 0.6) is 0 Å². The van der Waals surface area contributed by atoms with Gasteiger partial charge in [0.2, 0.25) is 5.91 Å². The number of amides is 1. The van der Waals surface area contributed by atoms with Gasteiger partial charge in [-0.25, -0.2) is 0 Å². The molecule has 2 rings (SSSR count). The number of thioether (sulfide) groups is 1. The number of hydrogen-bond acceptors (Lipinski definition) is 3. The SMILES string of the molecule is CCC(C)N1C(=O)C(C(C)C)NC1c1ccc(SC)cc1. The molecule has 0 aliphatic carbocycles. The van der Waals surface area contributed by atoms with Crippen LogP contribution < -0.4 is 5.32 Å². The lowest BCUT2D eigenvalue weighted by molar-refractivity contribution is -0.132. The monoisotopic (exact) mass is 306 g/mol. The summed E-state index contributed by atoms with van der Waals surface area (Å²) in [5, 5.41) is 3.53. The van der Waals surface area contributed by atoms with E-state index in [1.807, 2.05) is 4.90 Å². The highest BCUT2D eigenvalue weighted by molar-refractivity contribution is 7.98. The molecule has 3 atom stereocenters. The first kappa shape index (κ1) is 16.4. The van der Waals surface area contributed by atoms with Crippen molar-refractivity contribution in [2.45, 2.75) is 57.3 Å². The van der Waals surface area contributed by atoms with Crippen LogP contribution >= 0.6 is 11.8 Å². The third kappa shape index (κ3) is 3.27. The maximum Gasteiger partial charge on any atom is 0.241 e. The number of nitrogens with one attached hydrogen (secondary N) is 1. The average Bonchev–Trinajstić information content (AvgIpc) is 2.84. The van der Waals surface area contributed by atoms with Gasteiger partial charge in [-0.15, -0.1) is 11.8 Å². The minimum atomic E-state index is -0.0794. The Morgan fingerprint density at radius 3 is 2.33 bits per heavy atom. The molecule has 0 radical (unpaired) electrons. The van der Waals surface area contributed by atoms with Gasteiger partial charge in [0.15, 0.2) is 0 Å². The third-order valence-corrected chi connectivity index (χ3v) is 5.04. The van der Waals surface area contributed by atoms with Crippen molar-refractivity contribution < 1.29 is 4.79 Å². The van der Waals surface area contributed by atoms with E-state index in [1.54, 1.807) is 11.8 Å². The van der Waals surface area contributed by atoms with Crippen molar-refractivity contribution >= 4 is 17.7 Å². The molecular formula is C17H26N2OS. The number of hydrogen-bond donors (Lipinski definition) is 1. The molecule has 0 bridgehead atoms. The zero-order valence-corrected chi connectivity index (χ0v) is 14.4. The second-order valence-corrected chi connectivity index (χ2v) is 6.95. The van der Waals surface area contributed by atoms with E-state index < -0.39 is 0 Å². The van der Waals surface area contributed by atoms with Crippen molar-refractivity contribution in [1.82, 2.24) is 10.2 Å². The Morgan fingerprint density at radius 1 is 1.24 bits per heavy atom. The summed E-state index contributed by atoms with van der Waals surface area (Å²) < 4.78 is 0. The van der Waals surface area contributed by atoms with Crippen LogP contribution in [0.3, 0.4) is 0 Å². The van der Waals surface area contributed by atoms with Crippen molar-refractivity contribution in [1.29, 1.82) is 0 Å². The normalized spacial score (nSPS) is 23.9. The van der Waals surface area contributed by atoms with Crippen LogP contribution in [-0.4, -0.2) is 29.1 Å². The standard InChI is InChI=1S/C17H26N2OS/c1-6-12(4)19-16(18-15(11(2)3)17(19)20)13-7-9-14(21-5)10-8-13/h7-12,15-16,18H,6H2,1-5H3. The molecule has 1 saturated heterocycles. The highest BCUT2D eigenvalue weighted by Gasteiger charge is 2.42. The molecule has 116 valence electrons. The van der Waals surface area contributed by atoms with Gasteiger partial charge >= 0.3 is 0 Å². The van der Waals surface area contributed by atoms with E-state index in [0.29, 0.717) is 5.92 Å². The van der Waals surface area contributed by atoms with Gasteiger partial charge < -0.3 is 4.90 Å². The predicted molar refractivity (Wildman–Crippen MR) is 89.3 cm³/mol. The van der Waals surface area contributed by atoms with E-state index in [9.17, 15) is 4.79 Å². The molecule has 1 aromatic carbocycles. The van der Waals surface area contributed by atoms with Gasteiger partial charge in [0.1, 0.15) is 6.17 Å². The van der Waals surface area contributed by atoms with E-state index in [2.05, 4.69) is 63.5 Å². The zero-order chi connectivity index (χ0) is 15.6. The first-order valence-corrected chi connectivity index (χ1v) is 8.94. The van der Waals surface area contributed by atoms with Crippen LogP contribution in [0.4, 0.5) is 0 Å². The van der Waals surface area contributed by atoms with Crippen molar-refractivity contribution in [3.63, 3.8) is 0 Å². The third-order valence-electron chi connectivity index (χ3n) is 4.30. The number of nitrogens with zero attached hydrogens (tertiary/aromatic N) is 1. The molecule has 21 heavy (non-hydrogen) atoms. The molecule has 0 saturated carbocycles. The molecule has 4 heteroatoms. The molecule has 3 nitrogen and oxygen atoms in total. The minimum absolute atomic E-state index is 0.00393. The smallest absolute Gasteiger partial charge is 0.241 e. The summed E-state index contributed by atoms with van der Waals surface area (Å²) in [5.41, 5.74) is 1.17. The lowest BCUT2D eigenvalue weighted by Gasteiger charge is -2.30. The van der Waals surface area contributed by atoms with E-state index >= 15 is 0 Å². The zero-order valence-electron chi connectivity index (χ0n) is 13.6. The molecule has 1 aliphatic heterocycles. The Bertz CT molecular complexity index is 486. The lowest BCUT2D eigenvalue weighted by atomic mass is 10.0. The minimum Gasteiger partial charge on any atom is -0.319 e. The number of benzene rings is 1. The molecule has 1 amide bonds. The van der Waals surface area contributed by atoms with Crippen LogP contribution in [-0.2, 0) is 4.79 Å². The second kappa shape index (κ2) is 6.84. The Hall–Kier alpha value is -1.00. The molecule has 1 heterocycles. The summed E-state index contributed by atoms with van der Waals surface area (Å²) in [4.78, 5) is 16.0. The van der Waals surface area contributed by atoms with Crippen LogP contribution in [0.25, 0.3) is 0 Å². The van der Waals surface area contributed by atoms with Crippen LogP contribution in [0.1, 0.15) is 45.8 Å². The Kier molecular flexibility index (Phi) is 5.33. The summed E-state index contributed by atoms with van der Waals surface area (Å²) in [6.07, 6.45) is 3.04. The maximum absolute atomic E-state index is 12.7. The van der Waals surface area contributed by atoms with Crippen LogP contribution in [0.15, 0.2) is 29.2 Å². The fourth-order valence-corrected chi connectivity index (χ4v) is 3.21. The van der Waals surface area contributed by atoms with Gasteiger partial charge in [0.05, 0.1) is 6.04 Å². The number of carbonyl (C=O) groups is 1. The van der Waals surface area contributed by atoms with Gasteiger partial charge in [-0.1, -0.05) is 32.9 Å². The average molecular weight is 306 g/mol. The molecule has 1 aromatic rings. The molecular weight excluding hydrogens is 280 g/mol. The summed E-state index contributed by atoms with van der Waals surface area (Å²) >= 11 is 1.74. The predicted octanol–water partition coefficient (Wildman–Crippen LogP) is 3.66. The van der Waals surface area contributed by atoms with E-state index in [-0.39, 0.29) is 24.2 Å². The van der Waals surface area contributed by atoms with Crippen LogP contribution in [0, 0.1) is 5.92 Å². The van der Waals surface area contributed by atoms with E-state index in [1.165, 1.54) is 10.5 Å². The topological polar surface area (TPSA) is 32.3 Å². The quantitative estimate of drug-likeness (QED) is 0.843. The highest BCUT2D eigenvalue weighted by Crippen LogP contribution is 2.31. The number of carbonyl (C=O) groups excluding carboxylic acids is 1. The summed E-state index contributed by atoms with van der Waals surface area (Å²) in [5.74, 6) is 0.540. The Morgan fingerprint density at radius 2 is 1.86 bits per heavy atom. The second-order valence-electron chi connectivity index (χ2n) is 6.07. The molecule has 1 fully saturated rings. The number of rotatable bonds is 5. The van der Waals surface area contributed by atoms with Gasteiger partial charge in [-0.2, -0.15) is 0 Å². The fourth-order valence-electron chi connectivity index (χ4n) is 2.80. The highest BCUT2D eigenvalue weighted by atomic mass is 32.2. The van der Waals surface area contributed by atoms with Gasteiger partial charge in [-0.05, 0) is 43.2 Å². The van der Waals surface area contributed by atoms with Gasteiger partial charge in [0.25, 0.3) is 0 Å². The Labute approximate surface area is 132 Å². The van der Waals surface area contributed by atoms with Crippen molar-refractivity contribution in [2.24, 2.45) is 5.92 Å². The first-order chi connectivity index (χ1) is 9.99. The largest absolute Gasteiger partial charge is 0.319 e. The summed E-state index contributed by atoms with van der Waals surface area (Å²) in [6.45, 7) is 8.47. The summed E-state index contributed by atoms with van der Waals surface area (Å²) in [7, 11) is 0. The fraction of sp³-hybridized carbons (Fsp3) is 0.588. The van der Waals surface area contributed by atoms with Crippen molar-refractivity contribution in [3.8, 4) is 0 Å². The van der Waals surface area contributed by atoms with Gasteiger partial charge in [-0.3, -0.25) is 10.1 Å².